The Morgan fingerprint density at radius 3 is 2.77 bits per heavy atom. The number of nitrogens with zero attached hydrogens (tertiary/aromatic N) is 8. The third-order valence-electron chi connectivity index (χ3n) is 8.06. The lowest BCUT2D eigenvalue weighted by molar-refractivity contribution is 0.0989. The topological polar surface area (TPSA) is 95.4 Å². The number of hydrogen-bond acceptors (Lipinski definition) is 11. The highest BCUT2D eigenvalue weighted by Crippen LogP contribution is 2.35. The molecule has 0 amide bonds. The van der Waals surface area contributed by atoms with Crippen LogP contribution >= 0.6 is 11.3 Å². The second kappa shape index (κ2) is 9.96. The van der Waals surface area contributed by atoms with Crippen LogP contribution in [-0.2, 0) is 4.74 Å². The van der Waals surface area contributed by atoms with E-state index in [4.69, 9.17) is 19.7 Å². The van der Waals surface area contributed by atoms with Gasteiger partial charge in [0.1, 0.15) is 16.6 Å². The second-order valence-electron chi connectivity index (χ2n) is 10.7. The molecular formula is C28H33N9OS. The van der Waals surface area contributed by atoms with Crippen LogP contribution in [0, 0.1) is 6.92 Å². The first-order valence-corrected chi connectivity index (χ1v) is 14.6. The molecule has 10 nitrogen and oxygen atoms in total. The van der Waals surface area contributed by atoms with Crippen molar-refractivity contribution in [3.05, 3.63) is 42.5 Å². The number of aromatic nitrogens is 5. The first kappa shape index (κ1) is 24.6. The SMILES string of the molecule is CCN1C[C@@H]2C[C@H]1CN2c1nc(C)cc(Nc2cc3nc(-c4cncc(N5CCOC[C@H]5C)c4)sc3cn2)n1. The van der Waals surface area contributed by atoms with Gasteiger partial charge in [0.25, 0.3) is 0 Å². The van der Waals surface area contributed by atoms with Gasteiger partial charge in [-0.25, -0.2) is 15.0 Å². The molecule has 0 aliphatic carbocycles. The highest BCUT2D eigenvalue weighted by Gasteiger charge is 2.43. The number of thiazole rings is 1. The summed E-state index contributed by atoms with van der Waals surface area (Å²) in [6.07, 6.45) is 6.89. The van der Waals surface area contributed by atoms with Crippen LogP contribution in [-0.4, -0.2) is 87.3 Å². The normalized spacial score (nSPS) is 23.2. The number of ether oxygens (including phenoxy) is 1. The fourth-order valence-corrected chi connectivity index (χ4v) is 6.99. The van der Waals surface area contributed by atoms with Crippen molar-refractivity contribution in [1.29, 1.82) is 0 Å². The predicted molar refractivity (Wildman–Crippen MR) is 155 cm³/mol. The van der Waals surface area contributed by atoms with Gasteiger partial charge in [-0.3, -0.25) is 9.88 Å². The summed E-state index contributed by atoms with van der Waals surface area (Å²) < 4.78 is 6.64. The minimum absolute atomic E-state index is 0.321. The maximum absolute atomic E-state index is 5.60. The van der Waals surface area contributed by atoms with E-state index in [1.807, 2.05) is 37.6 Å². The molecule has 3 fully saturated rings. The first-order chi connectivity index (χ1) is 19.0. The Hall–Kier alpha value is -3.41. The maximum Gasteiger partial charge on any atom is 0.227 e. The minimum atomic E-state index is 0.321. The van der Waals surface area contributed by atoms with E-state index in [1.54, 1.807) is 11.3 Å². The largest absolute Gasteiger partial charge is 0.377 e. The lowest BCUT2D eigenvalue weighted by Gasteiger charge is -2.35. The molecule has 7 rings (SSSR count). The Balaban J connectivity index is 1.11. The van der Waals surface area contributed by atoms with Gasteiger partial charge in [-0.1, -0.05) is 6.92 Å². The maximum atomic E-state index is 5.60. The van der Waals surface area contributed by atoms with Gasteiger partial charge in [-0.15, -0.1) is 11.3 Å². The fourth-order valence-electron chi connectivity index (χ4n) is 6.10. The summed E-state index contributed by atoms with van der Waals surface area (Å²) in [5, 5.41) is 4.34. The lowest BCUT2D eigenvalue weighted by Crippen LogP contribution is -2.46. The number of likely N-dealkylation sites (tertiary alicyclic amines) is 1. The van der Waals surface area contributed by atoms with Crippen LogP contribution in [0.25, 0.3) is 20.8 Å². The summed E-state index contributed by atoms with van der Waals surface area (Å²) in [5.41, 5.74) is 3.96. The van der Waals surface area contributed by atoms with E-state index in [2.05, 4.69) is 49.9 Å². The van der Waals surface area contributed by atoms with Gasteiger partial charge in [0.2, 0.25) is 5.95 Å². The van der Waals surface area contributed by atoms with Crippen LogP contribution < -0.4 is 15.1 Å². The van der Waals surface area contributed by atoms with Gasteiger partial charge in [0.15, 0.2) is 0 Å². The number of rotatable bonds is 6. The van der Waals surface area contributed by atoms with Crippen molar-refractivity contribution >= 4 is 44.8 Å². The van der Waals surface area contributed by atoms with E-state index in [0.717, 1.165) is 89.1 Å². The third-order valence-corrected chi connectivity index (χ3v) is 9.12. The molecular weight excluding hydrogens is 510 g/mol. The van der Waals surface area contributed by atoms with Crippen LogP contribution in [0.15, 0.2) is 36.8 Å². The van der Waals surface area contributed by atoms with E-state index in [-0.39, 0.29) is 0 Å². The zero-order chi connectivity index (χ0) is 26.5. The summed E-state index contributed by atoms with van der Waals surface area (Å²) >= 11 is 1.63. The molecule has 4 aromatic heterocycles. The summed E-state index contributed by atoms with van der Waals surface area (Å²) in [5.74, 6) is 2.28. The number of anilines is 4. The van der Waals surface area contributed by atoms with E-state index < -0.39 is 0 Å². The second-order valence-corrected chi connectivity index (χ2v) is 11.7. The number of fused-ring (bicyclic) bond motifs is 3. The van der Waals surface area contributed by atoms with Crippen molar-refractivity contribution in [2.24, 2.45) is 0 Å². The van der Waals surface area contributed by atoms with Crippen LogP contribution in [0.4, 0.5) is 23.3 Å². The average molecular weight is 544 g/mol. The molecule has 0 radical (unpaired) electrons. The molecule has 3 saturated heterocycles. The van der Waals surface area contributed by atoms with Crippen LogP contribution in [0.5, 0.6) is 0 Å². The third kappa shape index (κ3) is 4.68. The van der Waals surface area contributed by atoms with Crippen molar-refractivity contribution in [3.8, 4) is 10.6 Å². The number of piperazine rings is 1. The fraction of sp³-hybridized carbons (Fsp3) is 0.464. The van der Waals surface area contributed by atoms with Crippen LogP contribution in [0.3, 0.4) is 0 Å². The molecule has 3 aliphatic heterocycles. The van der Waals surface area contributed by atoms with Crippen molar-refractivity contribution < 1.29 is 4.74 Å². The zero-order valence-corrected chi connectivity index (χ0v) is 23.4. The summed E-state index contributed by atoms with van der Waals surface area (Å²) in [6.45, 7) is 12.0. The number of pyridine rings is 2. The van der Waals surface area contributed by atoms with Gasteiger partial charge in [0.05, 0.1) is 35.3 Å². The molecule has 11 heteroatoms. The van der Waals surface area contributed by atoms with Gasteiger partial charge in [-0.05, 0) is 32.9 Å². The molecule has 2 bridgehead atoms. The first-order valence-electron chi connectivity index (χ1n) is 13.7. The Morgan fingerprint density at radius 2 is 1.95 bits per heavy atom. The standard InChI is InChI=1S/C28H33N9OS/c1-4-35-14-22-9-21(35)15-37(22)28-31-17(2)7-26(34-28)33-25-10-23-24(13-30-25)39-27(32-23)19-8-20(12-29-11-19)36-5-6-38-16-18(36)3/h7-8,10-13,18,21-22H,4-6,9,14-16H2,1-3H3,(H,30,31,33,34)/t18-,21+,22+/m1/s1. The Morgan fingerprint density at radius 1 is 1.03 bits per heavy atom. The number of morpholine rings is 1. The summed E-state index contributed by atoms with van der Waals surface area (Å²) in [4.78, 5) is 31.1. The number of hydrogen-bond donors (Lipinski definition) is 1. The number of aryl methyl sites for hydroxylation is 1. The van der Waals surface area contributed by atoms with Gasteiger partial charge in [0, 0.05) is 73.5 Å². The van der Waals surface area contributed by atoms with Crippen LogP contribution in [0.1, 0.15) is 26.0 Å². The Bertz CT molecular complexity index is 1510. The molecule has 7 heterocycles. The van der Waals surface area contributed by atoms with E-state index in [0.29, 0.717) is 18.1 Å². The molecule has 3 aliphatic rings. The quantitative estimate of drug-likeness (QED) is 0.383. The minimum Gasteiger partial charge on any atom is -0.377 e. The highest BCUT2D eigenvalue weighted by molar-refractivity contribution is 7.21. The molecule has 0 aromatic carbocycles. The van der Waals surface area contributed by atoms with Crippen molar-refractivity contribution in [1.82, 2.24) is 29.8 Å². The van der Waals surface area contributed by atoms with Gasteiger partial charge < -0.3 is 19.9 Å². The lowest BCUT2D eigenvalue weighted by atomic mass is 10.2. The van der Waals surface area contributed by atoms with Crippen molar-refractivity contribution in [2.45, 2.75) is 45.3 Å². The monoisotopic (exact) mass is 543 g/mol. The molecule has 202 valence electrons. The molecule has 0 spiro atoms. The number of nitrogens with one attached hydrogen (secondary N) is 1. The summed E-state index contributed by atoms with van der Waals surface area (Å²) in [6, 6.07) is 7.56. The predicted octanol–water partition coefficient (Wildman–Crippen LogP) is 4.10. The van der Waals surface area contributed by atoms with Crippen molar-refractivity contribution in [2.75, 3.05) is 54.5 Å². The molecule has 0 unspecified atom stereocenters. The number of likely N-dealkylation sites (N-methyl/N-ethyl adjacent to an activating group) is 1. The van der Waals surface area contributed by atoms with Gasteiger partial charge in [-0.2, -0.15) is 4.98 Å². The molecule has 0 saturated carbocycles. The zero-order valence-electron chi connectivity index (χ0n) is 22.5. The van der Waals surface area contributed by atoms with Crippen molar-refractivity contribution in [3.63, 3.8) is 0 Å². The average Bonchev–Trinajstić information content (AvgIpc) is 3.67. The van der Waals surface area contributed by atoms with Crippen LogP contribution in [0.2, 0.25) is 0 Å². The Kier molecular flexibility index (Phi) is 6.29. The smallest absolute Gasteiger partial charge is 0.227 e. The van der Waals surface area contributed by atoms with E-state index in [9.17, 15) is 0 Å². The molecule has 3 atom stereocenters. The highest BCUT2D eigenvalue weighted by atomic mass is 32.1. The Labute approximate surface area is 232 Å². The van der Waals surface area contributed by atoms with E-state index >= 15 is 0 Å². The van der Waals surface area contributed by atoms with E-state index in [1.165, 1.54) is 6.42 Å². The summed E-state index contributed by atoms with van der Waals surface area (Å²) in [7, 11) is 0. The molecule has 39 heavy (non-hydrogen) atoms. The molecule has 1 N–H and O–H groups in total. The van der Waals surface area contributed by atoms with Gasteiger partial charge >= 0.3 is 0 Å². The molecule has 4 aromatic rings.